The molecule has 1 aromatic heterocycles. The van der Waals surface area contributed by atoms with Crippen molar-refractivity contribution in [2.75, 3.05) is 37.2 Å². The van der Waals surface area contributed by atoms with E-state index < -0.39 is 10.2 Å². The smallest absolute Gasteiger partial charge is 0.312 e. The van der Waals surface area contributed by atoms with Crippen LogP contribution in [0.5, 0.6) is 0 Å². The summed E-state index contributed by atoms with van der Waals surface area (Å²) in [5, 5.41) is 13.2. The maximum atomic E-state index is 12.1. The van der Waals surface area contributed by atoms with E-state index in [1.54, 1.807) is 20.2 Å². The van der Waals surface area contributed by atoms with E-state index in [0.717, 1.165) is 54.6 Å². The number of piperidine rings is 1. The zero-order valence-corrected chi connectivity index (χ0v) is 18.6. The molecule has 31 heavy (non-hydrogen) atoms. The summed E-state index contributed by atoms with van der Waals surface area (Å²) < 4.78 is 26.8. The molecule has 0 amide bonds. The molecule has 2 heterocycles. The van der Waals surface area contributed by atoms with Crippen molar-refractivity contribution in [1.82, 2.24) is 24.9 Å². The number of H-pyrrole nitrogens is 1. The van der Waals surface area contributed by atoms with Crippen molar-refractivity contribution in [2.24, 2.45) is 0 Å². The Bertz CT molecular complexity index is 1130. The number of likely N-dealkylation sites (tertiary alicyclic amines) is 1. The average molecular weight is 444 g/mol. The Kier molecular flexibility index (Phi) is 6.42. The molecule has 4 N–H and O–H groups in total. The quantitative estimate of drug-likeness (QED) is 0.399. The highest BCUT2D eigenvalue weighted by atomic mass is 32.2. The van der Waals surface area contributed by atoms with Crippen molar-refractivity contribution in [1.29, 1.82) is 0 Å². The summed E-state index contributed by atoms with van der Waals surface area (Å²) in [5.74, 6) is 0. The largest absolute Gasteiger partial charge is 0.381 e. The summed E-state index contributed by atoms with van der Waals surface area (Å²) in [5.41, 5.74) is 3.76. The van der Waals surface area contributed by atoms with Crippen LogP contribution in [0.3, 0.4) is 0 Å². The molecule has 2 aromatic carbocycles. The van der Waals surface area contributed by atoms with E-state index in [1.807, 2.05) is 30.5 Å². The molecule has 3 aromatic rings. The number of benzene rings is 2. The molecule has 1 aliphatic heterocycles. The van der Waals surface area contributed by atoms with Gasteiger partial charge in [0, 0.05) is 44.3 Å². The summed E-state index contributed by atoms with van der Waals surface area (Å²) in [7, 11) is -0.386. The maximum Gasteiger partial charge on any atom is 0.312 e. The molecule has 0 saturated carbocycles. The number of rotatable bonds is 8. The van der Waals surface area contributed by atoms with E-state index in [2.05, 4.69) is 42.1 Å². The normalized spacial score (nSPS) is 17.8. The predicted octanol–water partition coefficient (Wildman–Crippen LogP) is 2.36. The monoisotopic (exact) mass is 443 g/mol. The lowest BCUT2D eigenvalue weighted by molar-refractivity contribution is 0.208. The van der Waals surface area contributed by atoms with Gasteiger partial charge in [0.1, 0.15) is 0 Å². The summed E-state index contributed by atoms with van der Waals surface area (Å²) in [6, 6.07) is 14.2. The molecule has 0 bridgehead atoms. The molecule has 1 saturated heterocycles. The number of nitrogens with zero attached hydrogens (tertiary/aromatic N) is 3. The van der Waals surface area contributed by atoms with Crippen molar-refractivity contribution in [3.63, 3.8) is 0 Å². The van der Waals surface area contributed by atoms with Crippen LogP contribution in [-0.4, -0.2) is 61.8 Å². The van der Waals surface area contributed by atoms with Gasteiger partial charge in [-0.05, 0) is 55.3 Å². The first-order valence-electron chi connectivity index (χ1n) is 10.3. The summed E-state index contributed by atoms with van der Waals surface area (Å²) in [6.45, 7) is 2.73. The van der Waals surface area contributed by atoms with Crippen molar-refractivity contribution >= 4 is 32.5 Å². The van der Waals surface area contributed by atoms with Gasteiger partial charge in [-0.3, -0.25) is 14.7 Å². The van der Waals surface area contributed by atoms with Gasteiger partial charge in [-0.15, -0.1) is 4.83 Å². The van der Waals surface area contributed by atoms with Crippen molar-refractivity contribution in [3.05, 3.63) is 54.2 Å². The molecule has 1 atom stereocenters. The third kappa shape index (κ3) is 5.95. The SMILES string of the molecule is CN(C)NS(=O)(=O)Nc1cccc(CN2CCCC(Nc3ccc4[nH]ncc4c3)C2)c1. The summed E-state index contributed by atoms with van der Waals surface area (Å²) in [4.78, 5) is 4.78. The standard InChI is InChI=1S/C21H29N7O2S/c1-27(2)26-31(29,30)25-19-6-3-5-16(11-19)14-28-10-4-7-20(15-28)23-18-8-9-21-17(12-18)13-22-24-21/h3,5-6,8-9,11-13,20,23,25-26H,4,7,10,14-15H2,1-2H3,(H,22,24). The topological polar surface area (TPSA) is 105 Å². The number of fused-ring (bicyclic) bond motifs is 1. The van der Waals surface area contributed by atoms with Crippen LogP contribution in [0.2, 0.25) is 0 Å². The number of hydrogen-bond donors (Lipinski definition) is 4. The second-order valence-corrected chi connectivity index (χ2v) is 9.58. The molecule has 1 aliphatic rings. The number of anilines is 2. The van der Waals surface area contributed by atoms with E-state index in [9.17, 15) is 8.42 Å². The third-order valence-corrected chi connectivity index (χ3v) is 6.31. The van der Waals surface area contributed by atoms with Crippen LogP contribution < -0.4 is 14.9 Å². The fourth-order valence-electron chi connectivity index (χ4n) is 3.99. The van der Waals surface area contributed by atoms with Gasteiger partial charge in [0.25, 0.3) is 0 Å². The van der Waals surface area contributed by atoms with Crippen LogP contribution in [0, 0.1) is 0 Å². The maximum absolute atomic E-state index is 12.1. The second kappa shape index (κ2) is 9.23. The fraction of sp³-hybridized carbons (Fsp3) is 0.381. The van der Waals surface area contributed by atoms with E-state index in [1.165, 1.54) is 5.01 Å². The van der Waals surface area contributed by atoms with E-state index in [0.29, 0.717) is 11.7 Å². The summed E-state index contributed by atoms with van der Waals surface area (Å²) >= 11 is 0. The van der Waals surface area contributed by atoms with Gasteiger partial charge in [0.15, 0.2) is 0 Å². The molecule has 166 valence electrons. The van der Waals surface area contributed by atoms with Gasteiger partial charge in [-0.2, -0.15) is 13.5 Å². The number of nitrogens with one attached hydrogen (secondary N) is 4. The molecule has 1 fully saturated rings. The minimum atomic E-state index is -3.64. The van der Waals surface area contributed by atoms with Crippen LogP contribution in [-0.2, 0) is 16.8 Å². The first-order chi connectivity index (χ1) is 14.9. The van der Waals surface area contributed by atoms with Gasteiger partial charge in [-0.1, -0.05) is 12.1 Å². The Morgan fingerprint density at radius 2 is 2.06 bits per heavy atom. The Hall–Kier alpha value is -2.66. The molecule has 0 radical (unpaired) electrons. The number of aromatic nitrogens is 2. The number of hydrogen-bond acceptors (Lipinski definition) is 6. The highest BCUT2D eigenvalue weighted by Crippen LogP contribution is 2.22. The molecule has 9 nitrogen and oxygen atoms in total. The second-order valence-electron chi connectivity index (χ2n) is 8.18. The van der Waals surface area contributed by atoms with Crippen molar-refractivity contribution < 1.29 is 8.42 Å². The van der Waals surface area contributed by atoms with Gasteiger partial charge in [0.05, 0.1) is 17.4 Å². The fourth-order valence-corrected chi connectivity index (χ4v) is 4.96. The first-order valence-corrected chi connectivity index (χ1v) is 11.8. The van der Waals surface area contributed by atoms with E-state index >= 15 is 0 Å². The number of aromatic amines is 1. The molecule has 4 rings (SSSR count). The minimum Gasteiger partial charge on any atom is -0.381 e. The molecule has 1 unspecified atom stereocenters. The van der Waals surface area contributed by atoms with Crippen molar-refractivity contribution in [2.45, 2.75) is 25.4 Å². The van der Waals surface area contributed by atoms with Crippen LogP contribution in [0.1, 0.15) is 18.4 Å². The van der Waals surface area contributed by atoms with Gasteiger partial charge < -0.3 is 5.32 Å². The van der Waals surface area contributed by atoms with E-state index in [4.69, 9.17) is 0 Å². The average Bonchev–Trinajstić information content (AvgIpc) is 3.15. The third-order valence-electron chi connectivity index (χ3n) is 5.20. The first kappa shape index (κ1) is 21.6. The molecule has 10 heteroatoms. The lowest BCUT2D eigenvalue weighted by Gasteiger charge is -2.33. The van der Waals surface area contributed by atoms with Gasteiger partial charge >= 0.3 is 10.2 Å². The lowest BCUT2D eigenvalue weighted by Crippen LogP contribution is -2.41. The zero-order valence-electron chi connectivity index (χ0n) is 17.8. The summed E-state index contributed by atoms with van der Waals surface area (Å²) in [6.07, 6.45) is 4.07. The van der Waals surface area contributed by atoms with E-state index in [-0.39, 0.29) is 0 Å². The molecule has 0 spiro atoms. The zero-order chi connectivity index (χ0) is 21.8. The van der Waals surface area contributed by atoms with Crippen LogP contribution >= 0.6 is 0 Å². The minimum absolute atomic E-state index is 0.365. The Labute approximate surface area is 183 Å². The Balaban J connectivity index is 1.36. The molecular formula is C21H29N7O2S. The highest BCUT2D eigenvalue weighted by molar-refractivity contribution is 7.90. The molecular weight excluding hydrogens is 414 g/mol. The molecule has 0 aliphatic carbocycles. The van der Waals surface area contributed by atoms with Crippen LogP contribution in [0.4, 0.5) is 11.4 Å². The Morgan fingerprint density at radius 1 is 1.19 bits per heavy atom. The van der Waals surface area contributed by atoms with Crippen molar-refractivity contribution in [3.8, 4) is 0 Å². The lowest BCUT2D eigenvalue weighted by atomic mass is 10.0. The van der Waals surface area contributed by atoms with Crippen LogP contribution in [0.25, 0.3) is 10.9 Å². The van der Waals surface area contributed by atoms with Crippen LogP contribution in [0.15, 0.2) is 48.7 Å². The predicted molar refractivity (Wildman–Crippen MR) is 124 cm³/mol. The Morgan fingerprint density at radius 3 is 2.90 bits per heavy atom. The highest BCUT2D eigenvalue weighted by Gasteiger charge is 2.20. The van der Waals surface area contributed by atoms with Gasteiger partial charge in [0.2, 0.25) is 0 Å². The van der Waals surface area contributed by atoms with Gasteiger partial charge in [-0.25, -0.2) is 5.01 Å². The number of hydrazine groups is 1.